The van der Waals surface area contributed by atoms with Crippen LogP contribution in [0.15, 0.2) is 33.3 Å². The summed E-state index contributed by atoms with van der Waals surface area (Å²) in [5.41, 5.74) is -2.41. The molecule has 0 radical (unpaired) electrons. The van der Waals surface area contributed by atoms with Gasteiger partial charge in [0.1, 0.15) is 24.2 Å². The first kappa shape index (κ1) is 23.1. The van der Waals surface area contributed by atoms with Crippen molar-refractivity contribution in [1.82, 2.24) is 15.3 Å². The summed E-state index contributed by atoms with van der Waals surface area (Å²) in [4.78, 5) is 12.7. The van der Waals surface area contributed by atoms with Crippen molar-refractivity contribution in [3.63, 3.8) is 0 Å². The Morgan fingerprint density at radius 1 is 1.16 bits per heavy atom. The molecule has 0 fully saturated rings. The lowest BCUT2D eigenvalue weighted by molar-refractivity contribution is -0.286. The average molecular weight is 482 g/mol. The number of halogens is 9. The van der Waals surface area contributed by atoms with E-state index in [1.54, 1.807) is 0 Å². The van der Waals surface area contributed by atoms with Crippen LogP contribution in [0.5, 0.6) is 0 Å². The van der Waals surface area contributed by atoms with Crippen LogP contribution in [0.1, 0.15) is 0 Å². The van der Waals surface area contributed by atoms with E-state index in [0.717, 1.165) is 12.3 Å². The van der Waals surface area contributed by atoms with Gasteiger partial charge in [0.05, 0.1) is 11.8 Å². The Morgan fingerprint density at radius 3 is 2.42 bits per heavy atom. The van der Waals surface area contributed by atoms with Crippen LogP contribution in [-0.2, 0) is 9.53 Å². The number of amides is 1. The molecule has 172 valence electrons. The fourth-order valence-corrected chi connectivity index (χ4v) is 3.14. The van der Waals surface area contributed by atoms with E-state index in [0.29, 0.717) is 11.2 Å². The number of nitrogens with zero attached hydrogens (tertiary/aromatic N) is 4. The van der Waals surface area contributed by atoms with Gasteiger partial charge < -0.3 is 10.1 Å². The first-order valence-corrected chi connectivity index (χ1v) is 8.87. The van der Waals surface area contributed by atoms with E-state index >= 15 is 0 Å². The third kappa shape index (κ3) is 4.55. The van der Waals surface area contributed by atoms with Gasteiger partial charge in [-0.3, -0.25) is 9.80 Å². The van der Waals surface area contributed by atoms with E-state index in [4.69, 9.17) is 16.3 Å². The highest BCUT2D eigenvalue weighted by Crippen LogP contribution is 2.39. The fourth-order valence-electron chi connectivity index (χ4n) is 3.01. The first-order valence-electron chi connectivity index (χ1n) is 8.34. The van der Waals surface area contributed by atoms with Crippen LogP contribution in [0.2, 0.25) is 0 Å². The predicted octanol–water partition coefficient (Wildman–Crippen LogP) is 2.77. The molecule has 0 aliphatic carbocycles. The van der Waals surface area contributed by atoms with Crippen LogP contribution >= 0.6 is 11.6 Å². The Bertz CT molecular complexity index is 866. The van der Waals surface area contributed by atoms with Gasteiger partial charge in [0.2, 0.25) is 0 Å². The Labute approximate surface area is 173 Å². The second kappa shape index (κ2) is 7.84. The summed E-state index contributed by atoms with van der Waals surface area (Å²) in [7, 11) is 0. The highest BCUT2D eigenvalue weighted by atomic mass is 35.5. The molecule has 0 aromatic carbocycles. The largest absolute Gasteiger partial charge is 0.476 e. The molecule has 3 aliphatic rings. The van der Waals surface area contributed by atoms with Gasteiger partial charge in [-0.1, -0.05) is 11.6 Å². The highest BCUT2D eigenvalue weighted by Gasteiger charge is 2.59. The molecular formula is C15H12ClF8N5O2. The minimum Gasteiger partial charge on any atom is -0.476 e. The van der Waals surface area contributed by atoms with Crippen molar-refractivity contribution < 1.29 is 44.7 Å². The van der Waals surface area contributed by atoms with E-state index in [-0.39, 0.29) is 16.8 Å². The molecule has 2 unspecified atom stereocenters. The molecular weight excluding hydrogens is 470 g/mol. The maximum atomic E-state index is 13.6. The van der Waals surface area contributed by atoms with Crippen molar-refractivity contribution in [2.24, 2.45) is 16.1 Å². The van der Waals surface area contributed by atoms with Gasteiger partial charge in [0, 0.05) is 24.8 Å². The quantitative estimate of drug-likeness (QED) is 0.484. The van der Waals surface area contributed by atoms with Crippen molar-refractivity contribution in [2.45, 2.75) is 24.4 Å². The van der Waals surface area contributed by atoms with Crippen molar-refractivity contribution in [3.05, 3.63) is 23.1 Å². The standard InChI is InChI=1S/C15H12ClF8N5O2/c16-6-31-8-1-9-27-11(14(19,20)21)10(12(30)29(9)26-3-8)7-2-25-28(4-7)5-13(17,18)15(22,23)24/h1-3,7,9,27H,4-6H2. The van der Waals surface area contributed by atoms with Gasteiger partial charge in [0.25, 0.3) is 5.91 Å². The Kier molecular flexibility index (Phi) is 5.84. The van der Waals surface area contributed by atoms with Crippen LogP contribution in [0, 0.1) is 5.92 Å². The van der Waals surface area contributed by atoms with Crippen molar-refractivity contribution >= 4 is 29.9 Å². The second-order valence-electron chi connectivity index (χ2n) is 6.51. The molecule has 0 spiro atoms. The molecule has 0 bridgehead atoms. The van der Waals surface area contributed by atoms with E-state index in [1.165, 1.54) is 0 Å². The zero-order valence-electron chi connectivity index (χ0n) is 15.0. The minimum absolute atomic E-state index is 0.00971. The Hall–Kier alpha value is -2.58. The minimum atomic E-state index is -5.87. The summed E-state index contributed by atoms with van der Waals surface area (Å²) in [6.07, 6.45) is -9.50. The molecule has 7 nitrogen and oxygen atoms in total. The van der Waals surface area contributed by atoms with Crippen LogP contribution in [0.25, 0.3) is 0 Å². The van der Waals surface area contributed by atoms with Gasteiger partial charge in [-0.2, -0.15) is 45.3 Å². The first-order chi connectivity index (χ1) is 14.2. The van der Waals surface area contributed by atoms with Crippen molar-refractivity contribution in [3.8, 4) is 0 Å². The number of rotatable bonds is 5. The number of fused-ring (bicyclic) bond motifs is 1. The molecule has 0 aromatic rings. The molecule has 1 N–H and O–H groups in total. The molecule has 16 heteroatoms. The molecule has 2 atom stereocenters. The number of ether oxygens (including phenoxy) is 1. The predicted molar refractivity (Wildman–Crippen MR) is 89.8 cm³/mol. The van der Waals surface area contributed by atoms with Crippen molar-refractivity contribution in [1.29, 1.82) is 0 Å². The van der Waals surface area contributed by atoms with Crippen molar-refractivity contribution in [2.75, 3.05) is 19.2 Å². The smallest absolute Gasteiger partial charge is 0.455 e. The monoisotopic (exact) mass is 481 g/mol. The van der Waals surface area contributed by atoms with Gasteiger partial charge in [0.15, 0.2) is 6.07 Å². The van der Waals surface area contributed by atoms with Gasteiger partial charge in [-0.25, -0.2) is 5.01 Å². The lowest BCUT2D eigenvalue weighted by atomic mass is 9.94. The van der Waals surface area contributed by atoms with E-state index < -0.39 is 60.6 Å². The van der Waals surface area contributed by atoms with E-state index in [1.807, 2.05) is 0 Å². The topological polar surface area (TPSA) is 69.5 Å². The average Bonchev–Trinajstić information content (AvgIpc) is 3.07. The molecule has 0 aromatic heterocycles. The summed E-state index contributed by atoms with van der Waals surface area (Å²) in [5, 5.41) is 9.99. The van der Waals surface area contributed by atoms with Crippen LogP contribution in [0.3, 0.4) is 0 Å². The number of alkyl halides is 9. The van der Waals surface area contributed by atoms with E-state index in [2.05, 4.69) is 15.5 Å². The summed E-state index contributed by atoms with van der Waals surface area (Å²) in [6, 6.07) is -0.331. The summed E-state index contributed by atoms with van der Waals surface area (Å²) >= 11 is 5.38. The Balaban J connectivity index is 1.88. The number of carbonyl (C=O) groups is 1. The van der Waals surface area contributed by atoms with Gasteiger partial charge >= 0.3 is 18.3 Å². The molecule has 31 heavy (non-hydrogen) atoms. The summed E-state index contributed by atoms with van der Waals surface area (Å²) in [6.45, 7) is -2.71. The maximum absolute atomic E-state index is 13.6. The number of allylic oxidation sites excluding steroid dienone is 2. The lowest BCUT2D eigenvalue weighted by Gasteiger charge is -2.37. The number of hydrogen-bond donors (Lipinski definition) is 1. The van der Waals surface area contributed by atoms with E-state index in [9.17, 15) is 39.9 Å². The molecule has 3 aliphatic heterocycles. The van der Waals surface area contributed by atoms with Gasteiger partial charge in [-0.15, -0.1) is 0 Å². The third-order valence-corrected chi connectivity index (χ3v) is 4.49. The van der Waals surface area contributed by atoms with Crippen LogP contribution in [0.4, 0.5) is 35.1 Å². The molecule has 0 saturated heterocycles. The Morgan fingerprint density at radius 2 is 1.84 bits per heavy atom. The fraction of sp³-hybridized carbons (Fsp3) is 0.533. The number of hydrogen-bond acceptors (Lipinski definition) is 6. The zero-order chi connectivity index (χ0) is 23.2. The van der Waals surface area contributed by atoms with Crippen LogP contribution < -0.4 is 5.32 Å². The van der Waals surface area contributed by atoms with Gasteiger partial charge in [-0.05, 0) is 0 Å². The zero-order valence-corrected chi connectivity index (χ0v) is 15.8. The summed E-state index contributed by atoms with van der Waals surface area (Å²) < 4.78 is 109. The maximum Gasteiger partial charge on any atom is 0.455 e. The number of hydrazone groups is 2. The SMILES string of the molecule is O=C1C(C2C=NN(CC(F)(F)C(F)(F)F)C2)=C(C(F)(F)F)NC2C=C(OCCl)C=NN12. The third-order valence-electron chi connectivity index (χ3n) is 4.38. The lowest BCUT2D eigenvalue weighted by Crippen LogP contribution is -2.55. The highest BCUT2D eigenvalue weighted by molar-refractivity contribution is 6.17. The summed E-state index contributed by atoms with van der Waals surface area (Å²) in [5.74, 6) is -7.90. The second-order valence-corrected chi connectivity index (χ2v) is 6.73. The normalized spacial score (nSPS) is 24.4. The van der Waals surface area contributed by atoms with Crippen LogP contribution in [-0.4, -0.2) is 72.0 Å². The number of carbonyl (C=O) groups excluding carboxylic acids is 1. The molecule has 1 amide bonds. The molecule has 3 heterocycles. The molecule has 3 rings (SSSR count). The number of nitrogens with one attached hydrogen (secondary N) is 1. The molecule has 0 saturated carbocycles.